The fourth-order valence-electron chi connectivity index (χ4n) is 2.12. The van der Waals surface area contributed by atoms with Gasteiger partial charge in [-0.2, -0.15) is 0 Å². The van der Waals surface area contributed by atoms with E-state index in [-0.39, 0.29) is 36.9 Å². The van der Waals surface area contributed by atoms with Gasteiger partial charge in [0, 0.05) is 16.7 Å². The lowest BCUT2D eigenvalue weighted by atomic mass is 9.96. The van der Waals surface area contributed by atoms with Gasteiger partial charge in [0.1, 0.15) is 0 Å². The summed E-state index contributed by atoms with van der Waals surface area (Å²) in [6.07, 6.45) is 0.00268. The molecule has 0 spiro atoms. The monoisotopic (exact) mass is 421 g/mol. The quantitative estimate of drug-likeness (QED) is 0.490. The first-order valence-corrected chi connectivity index (χ1v) is 10.5. The molecule has 0 saturated carbocycles. The van der Waals surface area contributed by atoms with E-state index < -0.39 is 11.4 Å². The van der Waals surface area contributed by atoms with Crippen molar-refractivity contribution in [3.05, 3.63) is 44.3 Å². The van der Waals surface area contributed by atoms with Crippen LogP contribution in [0.5, 0.6) is 0 Å². The summed E-state index contributed by atoms with van der Waals surface area (Å²) >= 11 is 2.58. The Kier molecular flexibility index (Phi) is 7.65. The molecular formula is C20H23NO5S2. The molecule has 2 aromatic rings. The van der Waals surface area contributed by atoms with Gasteiger partial charge in [-0.3, -0.25) is 19.2 Å². The van der Waals surface area contributed by atoms with E-state index in [0.29, 0.717) is 16.3 Å². The van der Waals surface area contributed by atoms with Crippen molar-refractivity contribution < 1.29 is 23.9 Å². The average Bonchev–Trinajstić information content (AvgIpc) is 3.33. The number of thiophene rings is 2. The molecule has 1 amide bonds. The van der Waals surface area contributed by atoms with Crippen molar-refractivity contribution >= 4 is 46.1 Å². The van der Waals surface area contributed by atoms with Crippen LogP contribution in [0.1, 0.15) is 57.8 Å². The Balaban J connectivity index is 1.74. The van der Waals surface area contributed by atoms with Crippen LogP contribution in [0.25, 0.3) is 0 Å². The molecule has 150 valence electrons. The highest BCUT2D eigenvalue weighted by molar-refractivity contribution is 7.14. The third-order valence-corrected chi connectivity index (χ3v) is 5.79. The molecule has 0 radical (unpaired) electrons. The smallest absolute Gasteiger partial charge is 0.306 e. The fraction of sp³-hybridized carbons (Fsp3) is 0.400. The molecular weight excluding hydrogens is 398 g/mol. The molecule has 0 saturated heterocycles. The summed E-state index contributed by atoms with van der Waals surface area (Å²) in [5.74, 6) is -1.07. The van der Waals surface area contributed by atoms with Gasteiger partial charge >= 0.3 is 5.97 Å². The summed E-state index contributed by atoms with van der Waals surface area (Å²) in [5, 5.41) is 4.62. The predicted octanol–water partition coefficient (Wildman–Crippen LogP) is 3.86. The zero-order chi connectivity index (χ0) is 20.7. The van der Waals surface area contributed by atoms with Gasteiger partial charge in [-0.05, 0) is 23.6 Å². The Hall–Kier alpha value is -2.32. The molecule has 6 nitrogen and oxygen atoms in total. The molecule has 0 aliphatic rings. The van der Waals surface area contributed by atoms with Gasteiger partial charge < -0.3 is 10.1 Å². The molecule has 0 unspecified atom stereocenters. The summed E-state index contributed by atoms with van der Waals surface area (Å²) in [7, 11) is 0. The number of carbonyl (C=O) groups excluding carboxylic acids is 4. The Morgan fingerprint density at radius 2 is 1.75 bits per heavy atom. The first kappa shape index (κ1) is 22.0. The van der Waals surface area contributed by atoms with Crippen LogP contribution in [-0.2, 0) is 20.9 Å². The number of ketones is 2. The highest BCUT2D eigenvalue weighted by atomic mass is 32.1. The van der Waals surface area contributed by atoms with Crippen molar-refractivity contribution in [3.63, 3.8) is 0 Å². The third kappa shape index (κ3) is 6.69. The normalized spacial score (nSPS) is 11.1. The second-order valence-electron chi connectivity index (χ2n) is 7.18. The molecule has 2 heterocycles. The van der Waals surface area contributed by atoms with Crippen LogP contribution in [0.3, 0.4) is 0 Å². The Labute approximate surface area is 171 Å². The summed E-state index contributed by atoms with van der Waals surface area (Å²) in [4.78, 5) is 49.6. The number of rotatable bonds is 9. The van der Waals surface area contributed by atoms with Crippen LogP contribution in [0, 0.1) is 5.41 Å². The van der Waals surface area contributed by atoms with Gasteiger partial charge in [0.2, 0.25) is 11.7 Å². The molecule has 0 aliphatic carbocycles. The minimum absolute atomic E-state index is 0.0570. The number of carbonyl (C=O) groups is 4. The van der Waals surface area contributed by atoms with Gasteiger partial charge in [-0.25, -0.2) is 0 Å². The molecule has 0 bridgehead atoms. The fourth-order valence-corrected chi connectivity index (χ4v) is 3.69. The van der Waals surface area contributed by atoms with Crippen LogP contribution in [-0.4, -0.2) is 30.0 Å². The molecule has 28 heavy (non-hydrogen) atoms. The van der Waals surface area contributed by atoms with Gasteiger partial charge in [0.25, 0.3) is 0 Å². The highest BCUT2D eigenvalue weighted by Crippen LogP contribution is 2.19. The molecule has 1 N–H and O–H groups in total. The molecule has 0 aliphatic heterocycles. The van der Waals surface area contributed by atoms with Gasteiger partial charge in [-0.1, -0.05) is 26.8 Å². The van der Waals surface area contributed by atoms with E-state index in [0.717, 1.165) is 4.88 Å². The Morgan fingerprint density at radius 1 is 1.00 bits per heavy atom. The Bertz CT molecular complexity index is 846. The van der Waals surface area contributed by atoms with Crippen molar-refractivity contribution in [3.8, 4) is 0 Å². The van der Waals surface area contributed by atoms with Crippen LogP contribution >= 0.6 is 22.7 Å². The van der Waals surface area contributed by atoms with E-state index in [9.17, 15) is 19.2 Å². The Morgan fingerprint density at radius 3 is 2.39 bits per heavy atom. The maximum Gasteiger partial charge on any atom is 0.306 e. The first-order valence-electron chi connectivity index (χ1n) is 8.79. The van der Waals surface area contributed by atoms with Crippen LogP contribution in [0.2, 0.25) is 0 Å². The molecule has 0 aromatic carbocycles. The van der Waals surface area contributed by atoms with Crippen molar-refractivity contribution in [1.82, 2.24) is 5.32 Å². The lowest BCUT2D eigenvalue weighted by Gasteiger charge is -2.17. The minimum atomic E-state index is -0.576. The number of amides is 1. The second kappa shape index (κ2) is 9.75. The van der Waals surface area contributed by atoms with E-state index in [1.165, 1.54) is 22.7 Å². The predicted molar refractivity (Wildman–Crippen MR) is 109 cm³/mol. The third-order valence-electron chi connectivity index (χ3n) is 3.76. The first-order chi connectivity index (χ1) is 13.2. The summed E-state index contributed by atoms with van der Waals surface area (Å²) in [6.45, 7) is 5.47. The van der Waals surface area contributed by atoms with Gasteiger partial charge in [0.15, 0.2) is 12.4 Å². The van der Waals surface area contributed by atoms with Crippen molar-refractivity contribution in [2.24, 2.45) is 5.41 Å². The van der Waals surface area contributed by atoms with Gasteiger partial charge in [-0.15, -0.1) is 22.7 Å². The lowest BCUT2D eigenvalue weighted by molar-refractivity contribution is -0.142. The number of Topliss-reactive ketones (excluding diaryl/α,β-unsaturated/α-hetero) is 2. The zero-order valence-corrected chi connectivity index (χ0v) is 17.7. The number of esters is 1. The van der Waals surface area contributed by atoms with E-state index in [2.05, 4.69) is 5.32 Å². The summed E-state index contributed by atoms with van der Waals surface area (Å²) in [6, 6.07) is 6.90. The number of nitrogens with one attached hydrogen (secondary N) is 1. The maximum atomic E-state index is 12.2. The zero-order valence-electron chi connectivity index (χ0n) is 16.1. The number of hydrogen-bond acceptors (Lipinski definition) is 7. The highest BCUT2D eigenvalue weighted by Gasteiger charge is 2.21. The van der Waals surface area contributed by atoms with Crippen LogP contribution < -0.4 is 5.32 Å². The largest absolute Gasteiger partial charge is 0.457 e. The molecule has 2 rings (SSSR count). The number of hydrogen-bond donors (Lipinski definition) is 1. The molecule has 0 fully saturated rings. The van der Waals surface area contributed by atoms with E-state index >= 15 is 0 Å². The van der Waals surface area contributed by atoms with E-state index in [1.54, 1.807) is 29.6 Å². The van der Waals surface area contributed by atoms with E-state index in [1.807, 2.05) is 20.8 Å². The summed E-state index contributed by atoms with van der Waals surface area (Å²) in [5.41, 5.74) is -0.477. The van der Waals surface area contributed by atoms with Crippen molar-refractivity contribution in [2.75, 3.05) is 6.61 Å². The minimum Gasteiger partial charge on any atom is -0.457 e. The molecule has 2 aromatic heterocycles. The topological polar surface area (TPSA) is 89.5 Å². The van der Waals surface area contributed by atoms with Crippen LogP contribution in [0.4, 0.5) is 0 Å². The van der Waals surface area contributed by atoms with E-state index in [4.69, 9.17) is 4.74 Å². The van der Waals surface area contributed by atoms with Crippen molar-refractivity contribution in [1.29, 1.82) is 0 Å². The van der Waals surface area contributed by atoms with Crippen molar-refractivity contribution in [2.45, 2.75) is 40.2 Å². The average molecular weight is 422 g/mol. The second-order valence-corrected chi connectivity index (χ2v) is 9.30. The summed E-state index contributed by atoms with van der Waals surface area (Å²) < 4.78 is 4.98. The lowest BCUT2D eigenvalue weighted by Crippen LogP contribution is -2.34. The van der Waals surface area contributed by atoms with Gasteiger partial charge in [0.05, 0.1) is 22.7 Å². The number of ether oxygens (including phenoxy) is 1. The van der Waals surface area contributed by atoms with Crippen LogP contribution in [0.15, 0.2) is 29.6 Å². The maximum absolute atomic E-state index is 12.2. The standard InChI is InChI=1S/C20H23NO5S2/c1-20(2,3)19(25)21-11-13-6-8-17(28-13)15(23)12-26-18(24)9-7-14(22)16-5-4-10-27-16/h4-6,8,10H,7,9,11-12H2,1-3H3,(H,21,25). The molecule has 8 heteroatoms. The molecule has 0 atom stereocenters. The SMILES string of the molecule is CC(C)(C)C(=O)NCc1ccc(C(=O)COC(=O)CCC(=O)c2cccs2)s1.